The molecule has 0 spiro atoms. The first-order valence-corrected chi connectivity index (χ1v) is 13.5. The predicted molar refractivity (Wildman–Crippen MR) is 139 cm³/mol. The van der Waals surface area contributed by atoms with Crippen LogP contribution in [0.25, 0.3) is 6.08 Å². The molecule has 2 amide bonds. The van der Waals surface area contributed by atoms with Crippen molar-refractivity contribution in [3.8, 4) is 0 Å². The summed E-state index contributed by atoms with van der Waals surface area (Å²) in [4.78, 5) is 28.7. The smallest absolute Gasteiger partial charge is 0.410 e. The highest BCUT2D eigenvalue weighted by Gasteiger charge is 2.27. The maximum absolute atomic E-state index is 12.3. The van der Waals surface area contributed by atoms with Gasteiger partial charge in [-0.05, 0) is 75.1 Å². The van der Waals surface area contributed by atoms with Gasteiger partial charge in [0.2, 0.25) is 5.91 Å². The van der Waals surface area contributed by atoms with Gasteiger partial charge in [0.25, 0.3) is 0 Å². The van der Waals surface area contributed by atoms with Crippen molar-refractivity contribution in [2.45, 2.75) is 52.2 Å². The standard InChI is InChI=1S/C18H24N2O3.C6H6ClNOS2/c1-18(2,3)23-17(22)19-10-8-13-6-7-15(11-14(13)12-19)20-9-4-5-16(20)21;7-6-2-1-5(10-6)3-4-11(8)9/h6-7,11H,4-5,8-10,12H2,1-3H3;1-4H,8H2/b;4-3+. The summed E-state index contributed by atoms with van der Waals surface area (Å²) < 4.78 is 16.6. The molecule has 0 radical (unpaired) electrons. The van der Waals surface area contributed by atoms with Gasteiger partial charge in [-0.2, -0.15) is 0 Å². The monoisotopic (exact) mass is 523 g/mol. The minimum atomic E-state index is -1.37. The fourth-order valence-corrected chi connectivity index (χ4v) is 5.00. The number of benzene rings is 1. The van der Waals surface area contributed by atoms with Crippen LogP contribution in [-0.2, 0) is 33.5 Å². The molecule has 1 saturated heterocycles. The molecule has 1 aromatic carbocycles. The molecule has 0 saturated carbocycles. The third kappa shape index (κ3) is 7.66. The second kappa shape index (κ2) is 11.5. The van der Waals surface area contributed by atoms with Crippen LogP contribution in [0.15, 0.2) is 35.7 Å². The highest BCUT2D eigenvalue weighted by atomic mass is 35.5. The van der Waals surface area contributed by atoms with E-state index in [2.05, 4.69) is 12.1 Å². The van der Waals surface area contributed by atoms with Gasteiger partial charge >= 0.3 is 6.09 Å². The Kier molecular flexibility index (Phi) is 8.92. The maximum atomic E-state index is 12.3. The summed E-state index contributed by atoms with van der Waals surface area (Å²) >= 11 is 7.07. The van der Waals surface area contributed by atoms with Crippen molar-refractivity contribution >= 4 is 57.7 Å². The van der Waals surface area contributed by atoms with Crippen molar-refractivity contribution in [1.29, 1.82) is 0 Å². The minimum Gasteiger partial charge on any atom is -0.444 e. The van der Waals surface area contributed by atoms with E-state index < -0.39 is 16.6 Å². The molecule has 0 bridgehead atoms. The van der Waals surface area contributed by atoms with Crippen molar-refractivity contribution in [2.75, 3.05) is 18.0 Å². The molecule has 4 rings (SSSR count). The van der Waals surface area contributed by atoms with E-state index in [1.807, 2.05) is 37.8 Å². The number of fused-ring (bicyclic) bond motifs is 1. The molecule has 2 aliphatic rings. The third-order valence-corrected chi connectivity index (χ3v) is 6.80. The maximum Gasteiger partial charge on any atom is 0.410 e. The predicted octanol–water partition coefficient (Wildman–Crippen LogP) is 5.10. The van der Waals surface area contributed by atoms with Gasteiger partial charge in [-0.15, -0.1) is 11.3 Å². The zero-order valence-electron chi connectivity index (χ0n) is 19.6. The molecule has 1 aromatic heterocycles. The number of ether oxygens (including phenoxy) is 1. The summed E-state index contributed by atoms with van der Waals surface area (Å²) in [6.45, 7) is 7.62. The number of anilines is 1. The van der Waals surface area contributed by atoms with Crippen LogP contribution in [0.3, 0.4) is 0 Å². The summed E-state index contributed by atoms with van der Waals surface area (Å²) in [7, 11) is -1.37. The van der Waals surface area contributed by atoms with E-state index >= 15 is 0 Å². The molecule has 3 heterocycles. The summed E-state index contributed by atoms with van der Waals surface area (Å²) in [6, 6.07) is 9.78. The van der Waals surface area contributed by atoms with E-state index in [4.69, 9.17) is 21.5 Å². The Morgan fingerprint density at radius 1 is 1.18 bits per heavy atom. The molecule has 0 aliphatic carbocycles. The van der Waals surface area contributed by atoms with Crippen molar-refractivity contribution in [2.24, 2.45) is 5.14 Å². The van der Waals surface area contributed by atoms with E-state index in [9.17, 15) is 13.8 Å². The average molecular weight is 524 g/mol. The molecule has 2 aliphatic heterocycles. The second-order valence-electron chi connectivity index (χ2n) is 9.03. The number of carbonyl (C=O) groups is 2. The average Bonchev–Trinajstić information content (AvgIpc) is 3.38. The molecule has 184 valence electrons. The van der Waals surface area contributed by atoms with Crippen molar-refractivity contribution in [3.05, 3.63) is 56.1 Å². The molecule has 2 N–H and O–H groups in total. The molecule has 34 heavy (non-hydrogen) atoms. The number of halogens is 1. The molecule has 7 nitrogen and oxygen atoms in total. The van der Waals surface area contributed by atoms with Gasteiger partial charge in [-0.1, -0.05) is 17.7 Å². The Labute approximate surface area is 212 Å². The van der Waals surface area contributed by atoms with Crippen LogP contribution < -0.4 is 10.0 Å². The summed E-state index contributed by atoms with van der Waals surface area (Å²) in [5.41, 5.74) is 2.82. The van der Waals surface area contributed by atoms with Gasteiger partial charge in [0.15, 0.2) is 0 Å². The number of nitrogens with zero attached hydrogens (tertiary/aromatic N) is 2. The Morgan fingerprint density at radius 2 is 1.94 bits per heavy atom. The highest BCUT2D eigenvalue weighted by molar-refractivity contribution is 7.85. The van der Waals surface area contributed by atoms with E-state index in [1.165, 1.54) is 22.3 Å². The fraction of sp³-hybridized carbons (Fsp3) is 0.417. The van der Waals surface area contributed by atoms with Crippen LogP contribution in [0.1, 0.15) is 49.6 Å². The van der Waals surface area contributed by atoms with E-state index in [-0.39, 0.29) is 12.0 Å². The van der Waals surface area contributed by atoms with Crippen LogP contribution in [0.4, 0.5) is 10.5 Å². The number of amides is 2. The van der Waals surface area contributed by atoms with Crippen LogP contribution in [0.5, 0.6) is 0 Å². The zero-order valence-corrected chi connectivity index (χ0v) is 22.0. The van der Waals surface area contributed by atoms with Gasteiger partial charge < -0.3 is 14.5 Å². The van der Waals surface area contributed by atoms with Gasteiger partial charge in [0, 0.05) is 42.0 Å². The van der Waals surface area contributed by atoms with Crippen LogP contribution in [-0.4, -0.2) is 39.8 Å². The summed E-state index contributed by atoms with van der Waals surface area (Å²) in [5, 5.41) is 6.42. The van der Waals surface area contributed by atoms with Crippen LogP contribution in [0, 0.1) is 0 Å². The quantitative estimate of drug-likeness (QED) is 0.605. The summed E-state index contributed by atoms with van der Waals surface area (Å²) in [5.74, 6) is 0.185. The molecule has 1 fully saturated rings. The molecule has 2 aromatic rings. The lowest BCUT2D eigenvalue weighted by Crippen LogP contribution is -2.40. The minimum absolute atomic E-state index is 0.185. The Hall–Kier alpha value is -2.20. The van der Waals surface area contributed by atoms with Crippen LogP contribution >= 0.6 is 22.9 Å². The number of thiophene rings is 1. The lowest BCUT2D eigenvalue weighted by atomic mass is 9.99. The van der Waals surface area contributed by atoms with Gasteiger partial charge in [-0.3, -0.25) is 4.79 Å². The van der Waals surface area contributed by atoms with Gasteiger partial charge in [0.1, 0.15) is 16.6 Å². The first-order valence-electron chi connectivity index (χ1n) is 11.0. The fourth-order valence-electron chi connectivity index (χ4n) is 3.67. The van der Waals surface area contributed by atoms with Crippen molar-refractivity contribution in [1.82, 2.24) is 4.90 Å². The Balaban J connectivity index is 0.000000248. The lowest BCUT2D eigenvalue weighted by Gasteiger charge is -2.31. The van der Waals surface area contributed by atoms with E-state index in [0.717, 1.165) is 35.5 Å². The zero-order chi connectivity index (χ0) is 24.9. The second-order valence-corrected chi connectivity index (χ2v) is 11.7. The Morgan fingerprint density at radius 3 is 2.53 bits per heavy atom. The normalized spacial score (nSPS) is 16.8. The topological polar surface area (TPSA) is 92.9 Å². The number of carbonyl (C=O) groups excluding carboxylic acids is 2. The third-order valence-electron chi connectivity index (χ3n) is 5.20. The summed E-state index contributed by atoms with van der Waals surface area (Å²) in [6.07, 6.45) is 3.78. The number of hydrogen-bond donors (Lipinski definition) is 1. The number of hydrogen-bond acceptors (Lipinski definition) is 5. The molecule has 1 atom stereocenters. The first kappa shape index (κ1) is 26.4. The molecule has 10 heteroatoms. The molecular formula is C24H30ClN3O4S2. The highest BCUT2D eigenvalue weighted by Crippen LogP contribution is 2.28. The van der Waals surface area contributed by atoms with E-state index in [1.54, 1.807) is 17.0 Å². The largest absolute Gasteiger partial charge is 0.444 e. The van der Waals surface area contributed by atoms with Crippen molar-refractivity contribution < 1.29 is 18.5 Å². The number of nitrogens with two attached hydrogens (primary N) is 1. The molecular weight excluding hydrogens is 494 g/mol. The lowest BCUT2D eigenvalue weighted by molar-refractivity contribution is -0.117. The van der Waals surface area contributed by atoms with Gasteiger partial charge in [0.05, 0.1) is 4.34 Å². The molecule has 1 unspecified atom stereocenters. The van der Waals surface area contributed by atoms with Gasteiger partial charge in [-0.25, -0.2) is 14.1 Å². The SMILES string of the molecule is CC(C)(C)OC(=O)N1CCc2ccc(N3CCCC3=O)cc2C1.NS(=O)/C=C/c1ccc(Cl)s1. The van der Waals surface area contributed by atoms with Crippen LogP contribution in [0.2, 0.25) is 4.34 Å². The number of rotatable bonds is 3. The first-order chi connectivity index (χ1) is 16.0. The Bertz CT molecular complexity index is 1090. The van der Waals surface area contributed by atoms with Crippen molar-refractivity contribution in [3.63, 3.8) is 0 Å². The van der Waals surface area contributed by atoms with E-state index in [0.29, 0.717) is 23.8 Å².